The Hall–Kier alpha value is -1.91. The molecule has 0 heterocycles. The van der Waals surface area contributed by atoms with Gasteiger partial charge in [-0.05, 0) is 20.8 Å². The van der Waals surface area contributed by atoms with Gasteiger partial charge in [-0.1, -0.05) is 13.2 Å². The van der Waals surface area contributed by atoms with E-state index in [9.17, 15) is 14.4 Å². The second kappa shape index (κ2) is 5.25. The minimum Gasteiger partial charge on any atom is -0.480 e. The maximum atomic E-state index is 11.6. The normalized spacial score (nSPS) is 11.4. The molecule has 0 aliphatic rings. The van der Waals surface area contributed by atoms with Crippen LogP contribution in [0.1, 0.15) is 20.8 Å². The third-order valence-corrected chi connectivity index (χ3v) is 1.91. The second-order valence-corrected chi connectivity index (χ2v) is 3.56. The Morgan fingerprint density at radius 3 is 1.56 bits per heavy atom. The van der Waals surface area contributed by atoms with E-state index in [0.29, 0.717) is 4.90 Å². The fourth-order valence-corrected chi connectivity index (χ4v) is 0.966. The minimum atomic E-state index is -1.26. The van der Waals surface area contributed by atoms with E-state index in [1.165, 1.54) is 20.8 Å². The van der Waals surface area contributed by atoms with Gasteiger partial charge >= 0.3 is 5.97 Å². The van der Waals surface area contributed by atoms with Crippen LogP contribution in [0.5, 0.6) is 0 Å². The van der Waals surface area contributed by atoms with Crippen molar-refractivity contribution in [1.29, 1.82) is 0 Å². The van der Waals surface area contributed by atoms with Gasteiger partial charge in [-0.15, -0.1) is 0 Å². The summed E-state index contributed by atoms with van der Waals surface area (Å²) in [4.78, 5) is 34.7. The third kappa shape index (κ3) is 3.05. The summed E-state index contributed by atoms with van der Waals surface area (Å²) in [6.45, 7) is 10.9. The van der Waals surface area contributed by atoms with Crippen LogP contribution in [0.15, 0.2) is 24.3 Å². The number of amides is 2. The number of imide groups is 1. The van der Waals surface area contributed by atoms with Gasteiger partial charge in [-0.3, -0.25) is 14.5 Å². The number of rotatable bonds is 4. The molecule has 1 unspecified atom stereocenters. The lowest BCUT2D eigenvalue weighted by Crippen LogP contribution is -2.47. The van der Waals surface area contributed by atoms with E-state index < -0.39 is 23.8 Å². The van der Waals surface area contributed by atoms with Crippen molar-refractivity contribution in [3.8, 4) is 0 Å². The Labute approximate surface area is 94.0 Å². The molecule has 88 valence electrons. The number of hydrogen-bond donors (Lipinski definition) is 1. The van der Waals surface area contributed by atoms with Crippen molar-refractivity contribution in [3.05, 3.63) is 24.3 Å². The number of carboxylic acid groups (broad SMARTS) is 1. The first-order valence-electron chi connectivity index (χ1n) is 4.61. The maximum absolute atomic E-state index is 11.6. The molecule has 0 fully saturated rings. The molecule has 0 saturated carbocycles. The first-order valence-corrected chi connectivity index (χ1v) is 4.61. The van der Waals surface area contributed by atoms with Crippen LogP contribution in [0.3, 0.4) is 0 Å². The van der Waals surface area contributed by atoms with Crippen molar-refractivity contribution >= 4 is 17.8 Å². The monoisotopic (exact) mass is 225 g/mol. The summed E-state index contributed by atoms with van der Waals surface area (Å²) >= 11 is 0. The molecule has 5 heteroatoms. The van der Waals surface area contributed by atoms with Crippen molar-refractivity contribution < 1.29 is 19.5 Å². The van der Waals surface area contributed by atoms with Crippen molar-refractivity contribution in [2.75, 3.05) is 0 Å². The number of nitrogens with zero attached hydrogens (tertiary/aromatic N) is 1. The molecule has 0 aromatic heterocycles. The van der Waals surface area contributed by atoms with Crippen LogP contribution in [0, 0.1) is 0 Å². The first-order chi connectivity index (χ1) is 7.20. The molecule has 0 spiro atoms. The summed E-state index contributed by atoms with van der Waals surface area (Å²) in [7, 11) is 0. The Morgan fingerprint density at radius 1 is 1.06 bits per heavy atom. The van der Waals surface area contributed by atoms with Crippen LogP contribution in [-0.4, -0.2) is 33.8 Å². The average Bonchev–Trinajstić information content (AvgIpc) is 2.16. The minimum absolute atomic E-state index is 0.0997. The van der Waals surface area contributed by atoms with Crippen LogP contribution in [0.4, 0.5) is 0 Å². The van der Waals surface area contributed by atoms with Gasteiger partial charge in [0.05, 0.1) is 0 Å². The van der Waals surface area contributed by atoms with Gasteiger partial charge in [0.15, 0.2) is 0 Å². The summed E-state index contributed by atoms with van der Waals surface area (Å²) in [5, 5.41) is 8.81. The number of carbonyl (C=O) groups is 3. The van der Waals surface area contributed by atoms with Crippen LogP contribution < -0.4 is 0 Å². The second-order valence-electron chi connectivity index (χ2n) is 3.56. The van der Waals surface area contributed by atoms with Gasteiger partial charge in [0.2, 0.25) is 0 Å². The van der Waals surface area contributed by atoms with Gasteiger partial charge in [0.25, 0.3) is 11.8 Å². The van der Waals surface area contributed by atoms with E-state index in [-0.39, 0.29) is 11.1 Å². The summed E-state index contributed by atoms with van der Waals surface area (Å²) in [5.74, 6) is -2.67. The molecule has 1 atom stereocenters. The molecule has 2 amide bonds. The van der Waals surface area contributed by atoms with Crippen LogP contribution in [0.25, 0.3) is 0 Å². The topological polar surface area (TPSA) is 74.7 Å². The summed E-state index contributed by atoms with van der Waals surface area (Å²) < 4.78 is 0. The Morgan fingerprint density at radius 2 is 1.38 bits per heavy atom. The van der Waals surface area contributed by atoms with Crippen molar-refractivity contribution in [1.82, 2.24) is 4.90 Å². The number of hydrogen-bond acceptors (Lipinski definition) is 3. The van der Waals surface area contributed by atoms with Gasteiger partial charge in [-0.2, -0.15) is 0 Å². The van der Waals surface area contributed by atoms with Crippen molar-refractivity contribution in [2.45, 2.75) is 26.8 Å². The van der Waals surface area contributed by atoms with E-state index in [0.717, 1.165) is 0 Å². The molecule has 0 aromatic carbocycles. The zero-order valence-corrected chi connectivity index (χ0v) is 9.61. The zero-order chi connectivity index (χ0) is 13.0. The van der Waals surface area contributed by atoms with Gasteiger partial charge < -0.3 is 5.11 Å². The summed E-state index contributed by atoms with van der Waals surface area (Å²) in [5.41, 5.74) is 0.199. The summed E-state index contributed by atoms with van der Waals surface area (Å²) in [6.07, 6.45) is 0. The molecular formula is C11H15NO4. The molecule has 0 aromatic rings. The predicted molar refractivity (Wildman–Crippen MR) is 58.6 cm³/mol. The van der Waals surface area contributed by atoms with Crippen molar-refractivity contribution in [2.24, 2.45) is 0 Å². The molecule has 0 saturated heterocycles. The highest BCUT2D eigenvalue weighted by Crippen LogP contribution is 2.09. The molecule has 0 radical (unpaired) electrons. The van der Waals surface area contributed by atoms with E-state index in [4.69, 9.17) is 5.11 Å². The summed E-state index contributed by atoms with van der Waals surface area (Å²) in [6, 6.07) is -1.24. The Balaban J connectivity index is 5.29. The quantitative estimate of drug-likeness (QED) is 0.723. The average molecular weight is 225 g/mol. The van der Waals surface area contributed by atoms with Crippen molar-refractivity contribution in [3.63, 3.8) is 0 Å². The maximum Gasteiger partial charge on any atom is 0.326 e. The van der Waals surface area contributed by atoms with E-state index in [2.05, 4.69) is 13.2 Å². The van der Waals surface area contributed by atoms with E-state index in [1.807, 2.05) is 0 Å². The smallest absolute Gasteiger partial charge is 0.326 e. The molecule has 1 N–H and O–H groups in total. The highest BCUT2D eigenvalue weighted by Gasteiger charge is 2.31. The molecule has 0 rings (SSSR count). The van der Waals surface area contributed by atoms with Crippen LogP contribution in [-0.2, 0) is 14.4 Å². The Bertz CT molecular complexity index is 344. The number of carbonyl (C=O) groups excluding carboxylic acids is 2. The number of carboxylic acids is 1. The van der Waals surface area contributed by atoms with Crippen LogP contribution in [0.2, 0.25) is 0 Å². The highest BCUT2D eigenvalue weighted by molar-refractivity contribution is 6.10. The lowest BCUT2D eigenvalue weighted by molar-refractivity contribution is -0.154. The standard InChI is InChI=1S/C11H15NO4/c1-6(2)9(13)12(8(5)11(15)16)10(14)7(3)4/h8H,1,3H2,2,4-5H3,(H,15,16). The predicted octanol–water partition coefficient (Wildman–Crippen LogP) is 0.967. The molecule has 5 nitrogen and oxygen atoms in total. The Kier molecular flexibility index (Phi) is 4.62. The van der Waals surface area contributed by atoms with Gasteiger partial charge in [0, 0.05) is 11.1 Å². The molecule has 16 heavy (non-hydrogen) atoms. The van der Waals surface area contributed by atoms with E-state index >= 15 is 0 Å². The first kappa shape index (κ1) is 14.1. The molecule has 0 aliphatic heterocycles. The van der Waals surface area contributed by atoms with E-state index in [1.54, 1.807) is 0 Å². The highest BCUT2D eigenvalue weighted by atomic mass is 16.4. The third-order valence-electron chi connectivity index (χ3n) is 1.91. The molecular weight excluding hydrogens is 210 g/mol. The van der Waals surface area contributed by atoms with Gasteiger partial charge in [-0.25, -0.2) is 4.79 Å². The lowest BCUT2D eigenvalue weighted by Gasteiger charge is -2.24. The number of aliphatic carboxylic acids is 1. The SMILES string of the molecule is C=C(C)C(=O)N(C(=O)C(=C)C)C(C)C(=O)O. The van der Waals surface area contributed by atoms with Gasteiger partial charge in [0.1, 0.15) is 6.04 Å². The molecule has 0 bridgehead atoms. The fraction of sp³-hybridized carbons (Fsp3) is 0.364. The van der Waals surface area contributed by atoms with Crippen LogP contribution >= 0.6 is 0 Å². The largest absolute Gasteiger partial charge is 0.480 e. The fourth-order valence-electron chi connectivity index (χ4n) is 0.966. The zero-order valence-electron chi connectivity index (χ0n) is 9.61. The molecule has 0 aliphatic carbocycles. The lowest BCUT2D eigenvalue weighted by atomic mass is 10.2.